The summed E-state index contributed by atoms with van der Waals surface area (Å²) >= 11 is 0. The van der Waals surface area contributed by atoms with Crippen LogP contribution in [0.2, 0.25) is 0 Å². The summed E-state index contributed by atoms with van der Waals surface area (Å²) in [6.07, 6.45) is 3.93. The highest BCUT2D eigenvalue weighted by Crippen LogP contribution is 2.23. The number of likely N-dealkylation sites (tertiary alicyclic amines) is 1. The van der Waals surface area contributed by atoms with Crippen LogP contribution in [0, 0.1) is 12.8 Å². The number of hydrogen-bond acceptors (Lipinski definition) is 4. The van der Waals surface area contributed by atoms with Crippen LogP contribution in [-0.4, -0.2) is 52.3 Å². The van der Waals surface area contributed by atoms with Crippen molar-refractivity contribution in [3.05, 3.63) is 23.5 Å². The first kappa shape index (κ1) is 16.9. The second-order valence-electron chi connectivity index (χ2n) is 7.01. The molecule has 0 radical (unpaired) electrons. The van der Waals surface area contributed by atoms with E-state index >= 15 is 0 Å². The van der Waals surface area contributed by atoms with Crippen LogP contribution in [0.25, 0.3) is 11.0 Å². The predicted molar refractivity (Wildman–Crippen MR) is 95.2 cm³/mol. The summed E-state index contributed by atoms with van der Waals surface area (Å²) in [6.45, 7) is 8.76. The van der Waals surface area contributed by atoms with Gasteiger partial charge in [0.1, 0.15) is 0 Å². The lowest BCUT2D eigenvalue weighted by Crippen LogP contribution is -2.40. The number of nitrogens with zero attached hydrogens (tertiary/aromatic N) is 4. The molecule has 130 valence electrons. The van der Waals surface area contributed by atoms with Gasteiger partial charge in [0.15, 0.2) is 5.65 Å². The van der Waals surface area contributed by atoms with Gasteiger partial charge in [0.05, 0.1) is 17.5 Å². The van der Waals surface area contributed by atoms with Crippen molar-refractivity contribution in [3.63, 3.8) is 0 Å². The van der Waals surface area contributed by atoms with E-state index in [0.29, 0.717) is 11.5 Å². The number of amides is 1. The Kier molecular flexibility index (Phi) is 4.85. The first-order chi connectivity index (χ1) is 11.5. The zero-order valence-electron chi connectivity index (χ0n) is 15.0. The second-order valence-corrected chi connectivity index (χ2v) is 7.01. The molecule has 0 spiro atoms. The lowest BCUT2D eigenvalue weighted by atomic mass is 9.96. The van der Waals surface area contributed by atoms with Crippen LogP contribution in [0.3, 0.4) is 0 Å². The SMILES string of the molecule is CNCC1CCN(C(=O)c2cc3cnn(C(C)C)c3nc2C)CC1. The number of pyridine rings is 1. The number of carbonyl (C=O) groups is 1. The Labute approximate surface area is 143 Å². The number of carbonyl (C=O) groups excluding carboxylic acids is 1. The van der Waals surface area contributed by atoms with Gasteiger partial charge in [-0.25, -0.2) is 9.67 Å². The number of rotatable bonds is 4. The Morgan fingerprint density at radius 1 is 1.38 bits per heavy atom. The van der Waals surface area contributed by atoms with Crippen molar-refractivity contribution in [1.82, 2.24) is 25.0 Å². The molecular weight excluding hydrogens is 302 g/mol. The average molecular weight is 329 g/mol. The summed E-state index contributed by atoms with van der Waals surface area (Å²) in [7, 11) is 1.99. The van der Waals surface area contributed by atoms with E-state index in [4.69, 9.17) is 0 Å². The largest absolute Gasteiger partial charge is 0.339 e. The van der Waals surface area contributed by atoms with E-state index < -0.39 is 0 Å². The van der Waals surface area contributed by atoms with E-state index in [1.165, 1.54) is 0 Å². The van der Waals surface area contributed by atoms with Gasteiger partial charge in [-0.1, -0.05) is 0 Å². The lowest BCUT2D eigenvalue weighted by molar-refractivity contribution is 0.0690. The molecule has 1 N–H and O–H groups in total. The number of piperidine rings is 1. The molecule has 1 fully saturated rings. The summed E-state index contributed by atoms with van der Waals surface area (Å²) < 4.78 is 1.90. The van der Waals surface area contributed by atoms with Gasteiger partial charge in [0.25, 0.3) is 5.91 Å². The molecule has 0 aliphatic carbocycles. The highest BCUT2D eigenvalue weighted by Gasteiger charge is 2.25. The Balaban J connectivity index is 1.82. The van der Waals surface area contributed by atoms with Crippen LogP contribution in [0.5, 0.6) is 0 Å². The third-order valence-electron chi connectivity index (χ3n) is 4.87. The standard InChI is InChI=1S/C18H27N5O/c1-12(2)23-17-15(11-20-23)9-16(13(3)21-17)18(24)22-7-5-14(6-8-22)10-19-4/h9,11-12,14,19H,5-8,10H2,1-4H3. The molecule has 1 aliphatic rings. The molecule has 0 saturated carbocycles. The van der Waals surface area contributed by atoms with Crippen molar-refractivity contribution < 1.29 is 4.79 Å². The third kappa shape index (κ3) is 3.15. The molecule has 3 heterocycles. The summed E-state index contributed by atoms with van der Waals surface area (Å²) in [6, 6.07) is 2.20. The first-order valence-electron chi connectivity index (χ1n) is 8.80. The number of hydrogen-bond donors (Lipinski definition) is 1. The zero-order chi connectivity index (χ0) is 17.3. The van der Waals surface area contributed by atoms with Crippen molar-refractivity contribution in [2.75, 3.05) is 26.7 Å². The fraction of sp³-hybridized carbons (Fsp3) is 0.611. The average Bonchev–Trinajstić information content (AvgIpc) is 2.97. The van der Waals surface area contributed by atoms with Crippen LogP contribution in [0.15, 0.2) is 12.3 Å². The molecule has 2 aromatic rings. The molecular formula is C18H27N5O. The number of fused-ring (bicyclic) bond motifs is 1. The predicted octanol–water partition coefficient (Wildman–Crippen LogP) is 2.39. The van der Waals surface area contributed by atoms with E-state index in [1.54, 1.807) is 6.20 Å². The Hall–Kier alpha value is -1.95. The van der Waals surface area contributed by atoms with E-state index in [-0.39, 0.29) is 11.9 Å². The molecule has 0 bridgehead atoms. The maximum atomic E-state index is 12.9. The maximum absolute atomic E-state index is 12.9. The van der Waals surface area contributed by atoms with Crippen LogP contribution in [0.4, 0.5) is 0 Å². The molecule has 0 unspecified atom stereocenters. The van der Waals surface area contributed by atoms with E-state index in [0.717, 1.165) is 49.2 Å². The first-order valence-corrected chi connectivity index (χ1v) is 8.80. The molecule has 1 saturated heterocycles. The molecule has 24 heavy (non-hydrogen) atoms. The Morgan fingerprint density at radius 2 is 2.08 bits per heavy atom. The molecule has 1 aliphatic heterocycles. The van der Waals surface area contributed by atoms with E-state index in [2.05, 4.69) is 29.2 Å². The minimum absolute atomic E-state index is 0.0992. The van der Waals surface area contributed by atoms with Gasteiger partial charge < -0.3 is 10.2 Å². The number of aryl methyl sites for hydroxylation is 1. The Bertz CT molecular complexity index is 728. The lowest BCUT2D eigenvalue weighted by Gasteiger charge is -2.32. The van der Waals surface area contributed by atoms with Crippen LogP contribution < -0.4 is 5.32 Å². The fourth-order valence-electron chi connectivity index (χ4n) is 3.46. The minimum atomic E-state index is 0.0992. The quantitative estimate of drug-likeness (QED) is 0.935. The topological polar surface area (TPSA) is 63.1 Å². The molecule has 2 aromatic heterocycles. The van der Waals surface area contributed by atoms with Crippen molar-refractivity contribution in [3.8, 4) is 0 Å². The summed E-state index contributed by atoms with van der Waals surface area (Å²) in [5.74, 6) is 0.770. The Morgan fingerprint density at radius 3 is 2.71 bits per heavy atom. The highest BCUT2D eigenvalue weighted by atomic mass is 16.2. The highest BCUT2D eigenvalue weighted by molar-refractivity contribution is 5.98. The number of nitrogens with one attached hydrogen (secondary N) is 1. The van der Waals surface area contributed by atoms with Gasteiger partial charge >= 0.3 is 0 Å². The van der Waals surface area contributed by atoms with Gasteiger partial charge in [-0.15, -0.1) is 0 Å². The number of aromatic nitrogens is 3. The molecule has 3 rings (SSSR count). The van der Waals surface area contributed by atoms with Crippen LogP contribution in [-0.2, 0) is 0 Å². The second kappa shape index (κ2) is 6.89. The van der Waals surface area contributed by atoms with E-state index in [1.807, 2.05) is 29.6 Å². The third-order valence-corrected chi connectivity index (χ3v) is 4.87. The van der Waals surface area contributed by atoms with Gasteiger partial charge in [-0.2, -0.15) is 5.10 Å². The molecule has 1 amide bonds. The van der Waals surface area contributed by atoms with Crippen molar-refractivity contribution in [1.29, 1.82) is 0 Å². The van der Waals surface area contributed by atoms with E-state index in [9.17, 15) is 4.79 Å². The summed E-state index contributed by atoms with van der Waals surface area (Å²) in [5.41, 5.74) is 2.34. The molecule has 0 aromatic carbocycles. The van der Waals surface area contributed by atoms with Crippen LogP contribution in [0.1, 0.15) is 48.8 Å². The monoisotopic (exact) mass is 329 g/mol. The molecule has 0 atom stereocenters. The summed E-state index contributed by atoms with van der Waals surface area (Å²) in [5, 5.41) is 8.57. The van der Waals surface area contributed by atoms with Crippen molar-refractivity contribution in [2.24, 2.45) is 5.92 Å². The van der Waals surface area contributed by atoms with Gasteiger partial charge in [-0.3, -0.25) is 4.79 Å². The van der Waals surface area contributed by atoms with Gasteiger partial charge in [0, 0.05) is 24.5 Å². The summed E-state index contributed by atoms with van der Waals surface area (Å²) in [4.78, 5) is 19.5. The molecule has 6 nitrogen and oxygen atoms in total. The van der Waals surface area contributed by atoms with Crippen molar-refractivity contribution in [2.45, 2.75) is 39.7 Å². The van der Waals surface area contributed by atoms with Crippen LogP contribution >= 0.6 is 0 Å². The van der Waals surface area contributed by atoms with Gasteiger partial charge in [0.2, 0.25) is 0 Å². The zero-order valence-corrected chi connectivity index (χ0v) is 15.0. The van der Waals surface area contributed by atoms with Crippen molar-refractivity contribution >= 4 is 16.9 Å². The normalized spacial score (nSPS) is 16.3. The smallest absolute Gasteiger partial charge is 0.255 e. The minimum Gasteiger partial charge on any atom is -0.339 e. The maximum Gasteiger partial charge on any atom is 0.255 e. The fourth-order valence-corrected chi connectivity index (χ4v) is 3.46. The van der Waals surface area contributed by atoms with Gasteiger partial charge in [-0.05, 0) is 59.2 Å². The molecule has 6 heteroatoms.